The molecule has 2 aliphatic rings. The van der Waals surface area contributed by atoms with E-state index in [0.29, 0.717) is 26.2 Å². The van der Waals surface area contributed by atoms with Crippen LogP contribution in [0, 0.1) is 0 Å². The maximum absolute atomic E-state index is 13.1. The molecule has 2 saturated heterocycles. The second-order valence-corrected chi connectivity index (χ2v) is 6.40. The van der Waals surface area contributed by atoms with Gasteiger partial charge in [-0.25, -0.2) is 0 Å². The third-order valence-electron chi connectivity index (χ3n) is 3.66. The zero-order valence-corrected chi connectivity index (χ0v) is 12.0. The maximum Gasteiger partial charge on any atom is 0.405 e. The lowest BCUT2D eigenvalue weighted by atomic mass is 10.2. The number of carbonyl (C=O) groups is 1. The van der Waals surface area contributed by atoms with Crippen molar-refractivity contribution in [3.05, 3.63) is 0 Å². The van der Waals surface area contributed by atoms with Crippen LogP contribution in [0.4, 0.5) is 13.2 Å². The van der Waals surface area contributed by atoms with Crippen molar-refractivity contribution >= 4 is 17.7 Å². The number of hydrogen-bond acceptors (Lipinski definition) is 4. The molecule has 0 aromatic heterocycles. The molecule has 2 fully saturated rings. The summed E-state index contributed by atoms with van der Waals surface area (Å²) >= 11 is 1.53. The summed E-state index contributed by atoms with van der Waals surface area (Å²) in [5.41, 5.74) is 0. The minimum absolute atomic E-state index is 0.174. The van der Waals surface area contributed by atoms with E-state index in [2.05, 4.69) is 10.6 Å². The number of nitrogens with zero attached hydrogens (tertiary/aromatic N) is 1. The van der Waals surface area contributed by atoms with E-state index in [4.69, 9.17) is 0 Å². The molecule has 116 valence electrons. The summed E-state index contributed by atoms with van der Waals surface area (Å²) in [6.07, 6.45) is -2.59. The van der Waals surface area contributed by atoms with Crippen molar-refractivity contribution in [1.29, 1.82) is 0 Å². The largest absolute Gasteiger partial charge is 0.405 e. The minimum atomic E-state index is -4.31. The molecule has 2 atom stereocenters. The van der Waals surface area contributed by atoms with Gasteiger partial charge in [-0.2, -0.15) is 13.2 Å². The minimum Gasteiger partial charge on any atom is -0.353 e. The van der Waals surface area contributed by atoms with Gasteiger partial charge in [0.05, 0.1) is 5.25 Å². The molecule has 0 saturated carbocycles. The number of carbonyl (C=O) groups excluding carboxylic acids is 1. The molecule has 0 bridgehead atoms. The zero-order valence-electron chi connectivity index (χ0n) is 11.2. The Hall–Kier alpha value is -0.470. The first-order chi connectivity index (χ1) is 9.48. The number of thioether (sulfide) groups is 1. The number of piperazine rings is 1. The summed E-state index contributed by atoms with van der Waals surface area (Å²) in [5, 5.41) is 5.34. The number of hydrogen-bond donors (Lipinski definition) is 2. The highest BCUT2D eigenvalue weighted by atomic mass is 32.2. The van der Waals surface area contributed by atoms with E-state index < -0.39 is 12.2 Å². The van der Waals surface area contributed by atoms with Gasteiger partial charge >= 0.3 is 6.18 Å². The predicted octanol–water partition coefficient (Wildman–Crippen LogP) is 0.834. The van der Waals surface area contributed by atoms with Crippen LogP contribution in [-0.4, -0.2) is 66.8 Å². The fourth-order valence-electron chi connectivity index (χ4n) is 2.54. The Kier molecular flexibility index (Phi) is 5.57. The number of halogens is 3. The van der Waals surface area contributed by atoms with Gasteiger partial charge in [0.2, 0.25) is 5.91 Å². The van der Waals surface area contributed by atoms with E-state index in [9.17, 15) is 18.0 Å². The number of rotatable bonds is 4. The van der Waals surface area contributed by atoms with Crippen LogP contribution in [0.2, 0.25) is 0 Å². The fraction of sp³-hybridized carbons (Fsp3) is 0.917. The lowest BCUT2D eigenvalue weighted by Crippen LogP contribution is -2.58. The van der Waals surface area contributed by atoms with E-state index in [1.54, 1.807) is 0 Å². The molecular weight excluding hydrogens is 291 g/mol. The van der Waals surface area contributed by atoms with E-state index in [0.717, 1.165) is 18.6 Å². The van der Waals surface area contributed by atoms with Crippen molar-refractivity contribution in [2.75, 3.05) is 38.5 Å². The third-order valence-corrected chi connectivity index (χ3v) is 5.04. The average molecular weight is 311 g/mol. The monoisotopic (exact) mass is 311 g/mol. The van der Waals surface area contributed by atoms with Crippen LogP contribution >= 0.6 is 11.8 Å². The van der Waals surface area contributed by atoms with Crippen LogP contribution in [0.25, 0.3) is 0 Å². The fourth-order valence-corrected chi connectivity index (χ4v) is 3.73. The molecule has 20 heavy (non-hydrogen) atoms. The molecule has 0 aromatic carbocycles. The second kappa shape index (κ2) is 7.00. The first-order valence-corrected chi connectivity index (χ1v) is 7.94. The summed E-state index contributed by atoms with van der Waals surface area (Å²) in [5.74, 6) is 0.662. The summed E-state index contributed by atoms with van der Waals surface area (Å²) in [6.45, 7) is 1.48. The molecular formula is C12H20F3N3OS. The van der Waals surface area contributed by atoms with E-state index in [-0.39, 0.29) is 17.7 Å². The Morgan fingerprint density at radius 3 is 2.65 bits per heavy atom. The Balaban J connectivity index is 1.88. The SMILES string of the molecule is O=C(NCC(N1CCNCC1)C(F)(F)F)C1CCCS1. The predicted molar refractivity (Wildman–Crippen MR) is 72.8 cm³/mol. The first kappa shape index (κ1) is 15.9. The van der Waals surface area contributed by atoms with Gasteiger partial charge in [-0.15, -0.1) is 11.8 Å². The molecule has 0 radical (unpaired) electrons. The standard InChI is InChI=1S/C12H20F3N3OS/c13-12(14,15)10(18-5-3-16-4-6-18)8-17-11(19)9-2-1-7-20-9/h9-10,16H,1-8H2,(H,17,19). The molecule has 0 aromatic rings. The molecule has 2 heterocycles. The van der Waals surface area contributed by atoms with Gasteiger partial charge in [-0.1, -0.05) is 0 Å². The first-order valence-electron chi connectivity index (χ1n) is 6.89. The number of nitrogens with one attached hydrogen (secondary N) is 2. The van der Waals surface area contributed by atoms with Crippen molar-refractivity contribution in [2.45, 2.75) is 30.3 Å². The molecule has 2 aliphatic heterocycles. The van der Waals surface area contributed by atoms with Crippen molar-refractivity contribution < 1.29 is 18.0 Å². The molecule has 0 aliphatic carbocycles. The van der Waals surface area contributed by atoms with Gasteiger partial charge in [-0.05, 0) is 18.6 Å². The van der Waals surface area contributed by atoms with Gasteiger partial charge in [0.15, 0.2) is 0 Å². The van der Waals surface area contributed by atoms with Crippen LogP contribution in [0.15, 0.2) is 0 Å². The highest BCUT2D eigenvalue weighted by Gasteiger charge is 2.44. The van der Waals surface area contributed by atoms with Crippen molar-refractivity contribution in [1.82, 2.24) is 15.5 Å². The Bertz CT molecular complexity index is 328. The lowest BCUT2D eigenvalue weighted by molar-refractivity contribution is -0.184. The summed E-state index contributed by atoms with van der Waals surface area (Å²) in [4.78, 5) is 13.2. The van der Waals surface area contributed by atoms with Crippen molar-refractivity contribution in [3.8, 4) is 0 Å². The average Bonchev–Trinajstić information content (AvgIpc) is 2.92. The number of amides is 1. The molecule has 0 spiro atoms. The molecule has 1 amide bonds. The Labute approximate surface area is 120 Å². The normalized spacial score (nSPS) is 26.4. The number of alkyl halides is 3. The van der Waals surface area contributed by atoms with Crippen molar-refractivity contribution in [3.63, 3.8) is 0 Å². The van der Waals surface area contributed by atoms with Crippen molar-refractivity contribution in [2.24, 2.45) is 0 Å². The van der Waals surface area contributed by atoms with E-state index in [1.807, 2.05) is 0 Å². The van der Waals surface area contributed by atoms with Gasteiger partial charge < -0.3 is 10.6 Å². The van der Waals surface area contributed by atoms with E-state index >= 15 is 0 Å². The van der Waals surface area contributed by atoms with Gasteiger partial charge in [0.1, 0.15) is 6.04 Å². The highest BCUT2D eigenvalue weighted by Crippen LogP contribution is 2.27. The van der Waals surface area contributed by atoms with Crippen LogP contribution < -0.4 is 10.6 Å². The summed E-state index contributed by atoms with van der Waals surface area (Å²) in [7, 11) is 0. The Morgan fingerprint density at radius 1 is 1.40 bits per heavy atom. The van der Waals surface area contributed by atoms with Gasteiger partial charge in [0.25, 0.3) is 0 Å². The molecule has 4 nitrogen and oxygen atoms in total. The van der Waals surface area contributed by atoms with Gasteiger partial charge in [0, 0.05) is 32.7 Å². The van der Waals surface area contributed by atoms with Crippen LogP contribution in [0.3, 0.4) is 0 Å². The van der Waals surface area contributed by atoms with Crippen LogP contribution in [0.1, 0.15) is 12.8 Å². The van der Waals surface area contributed by atoms with E-state index in [1.165, 1.54) is 16.7 Å². The third kappa shape index (κ3) is 4.26. The highest BCUT2D eigenvalue weighted by molar-refractivity contribution is 8.00. The molecule has 2 rings (SSSR count). The quantitative estimate of drug-likeness (QED) is 0.807. The maximum atomic E-state index is 13.1. The Morgan fingerprint density at radius 2 is 2.10 bits per heavy atom. The second-order valence-electron chi connectivity index (χ2n) is 5.09. The van der Waals surface area contributed by atoms with Gasteiger partial charge in [-0.3, -0.25) is 9.69 Å². The van der Waals surface area contributed by atoms with Crippen LogP contribution in [0.5, 0.6) is 0 Å². The molecule has 2 unspecified atom stereocenters. The summed E-state index contributed by atoms with van der Waals surface area (Å²) in [6, 6.07) is -1.58. The lowest BCUT2D eigenvalue weighted by Gasteiger charge is -2.36. The smallest absolute Gasteiger partial charge is 0.353 e. The topological polar surface area (TPSA) is 44.4 Å². The summed E-state index contributed by atoms with van der Waals surface area (Å²) < 4.78 is 39.3. The molecule has 2 N–H and O–H groups in total. The van der Waals surface area contributed by atoms with Crippen LogP contribution in [-0.2, 0) is 4.79 Å². The molecule has 8 heteroatoms. The zero-order chi connectivity index (χ0) is 14.6.